The van der Waals surface area contributed by atoms with Crippen molar-refractivity contribution >= 4 is 27.7 Å². The first-order valence-electron chi connectivity index (χ1n) is 9.35. The summed E-state index contributed by atoms with van der Waals surface area (Å²) in [7, 11) is 0. The van der Waals surface area contributed by atoms with Crippen molar-refractivity contribution in [1.82, 2.24) is 0 Å². The third-order valence-corrected chi connectivity index (χ3v) is 4.67. The minimum atomic E-state index is -0.875. The number of nitrogens with two attached hydrogens (primary N) is 1. The lowest BCUT2D eigenvalue weighted by Crippen LogP contribution is -2.26. The molecule has 3 rings (SSSR count). The van der Waals surface area contributed by atoms with Crippen molar-refractivity contribution in [3.63, 3.8) is 0 Å². The summed E-state index contributed by atoms with van der Waals surface area (Å²) in [6.07, 6.45) is -0.875. The molecule has 3 aromatic carbocycles. The molecule has 2 N–H and O–H groups in total. The maximum Gasteiger partial charge on any atom is 0.374 e. The Hall–Kier alpha value is -3.39. The first kappa shape index (κ1) is 22.3. The topological polar surface area (TPSA) is 83.1 Å². The average molecular weight is 487 g/mol. The van der Waals surface area contributed by atoms with Crippen molar-refractivity contribution in [3.05, 3.63) is 94.2 Å². The number of hydrogen-bond acceptors (Lipinski definition) is 5. The van der Waals surface area contributed by atoms with Gasteiger partial charge in [0.1, 0.15) is 23.9 Å². The summed E-state index contributed by atoms with van der Waals surface area (Å²) in [5, 5.41) is 3.67. The van der Waals surface area contributed by atoms with Gasteiger partial charge in [0.25, 0.3) is 0 Å². The van der Waals surface area contributed by atoms with Crippen LogP contribution in [-0.2, 0) is 16.2 Å². The molecular weight excluding hydrogens is 467 g/mol. The highest BCUT2D eigenvalue weighted by molar-refractivity contribution is 9.10. The van der Waals surface area contributed by atoms with Gasteiger partial charge in [-0.2, -0.15) is 0 Å². The van der Waals surface area contributed by atoms with Crippen LogP contribution in [0.15, 0.2) is 82.4 Å². The van der Waals surface area contributed by atoms with E-state index in [1.807, 2.05) is 6.07 Å². The minimum absolute atomic E-state index is 0.0173. The fourth-order valence-electron chi connectivity index (χ4n) is 2.51. The molecule has 0 saturated carbocycles. The molecule has 0 aliphatic heterocycles. The summed E-state index contributed by atoms with van der Waals surface area (Å²) in [6, 6.07) is 20.1. The molecule has 0 saturated heterocycles. The fourth-order valence-corrected chi connectivity index (χ4v) is 2.89. The average Bonchev–Trinajstić information content (AvgIpc) is 2.77. The lowest BCUT2D eigenvalue weighted by Gasteiger charge is -2.12. The number of amidine groups is 1. The standard InChI is InChI=1S/C23H20BrFN2O4/c1-15(30-20-7-4-6-18(24)13-20)23(28)31-27-22(26)16-9-11-19(12-10-16)29-14-17-5-2-3-8-21(17)25/h2-13,15H,14H2,1H3,(H2,26,27)/t15-/m0/s1. The van der Waals surface area contributed by atoms with E-state index in [4.69, 9.17) is 20.0 Å². The molecule has 0 amide bonds. The van der Waals surface area contributed by atoms with Gasteiger partial charge in [0.15, 0.2) is 11.9 Å². The van der Waals surface area contributed by atoms with Crippen LogP contribution in [0.3, 0.4) is 0 Å². The Balaban J connectivity index is 1.53. The summed E-state index contributed by atoms with van der Waals surface area (Å²) in [5.41, 5.74) is 6.88. The van der Waals surface area contributed by atoms with E-state index in [1.165, 1.54) is 6.07 Å². The number of hydrogen-bond donors (Lipinski definition) is 1. The molecule has 0 aliphatic rings. The Labute approximate surface area is 187 Å². The second kappa shape index (κ2) is 10.6. The third kappa shape index (κ3) is 6.55. The normalized spacial score (nSPS) is 12.2. The SMILES string of the molecule is C[C@H](Oc1cccc(Br)c1)C(=O)O/N=C(/N)c1ccc(OCc2ccccc2F)cc1. The predicted octanol–water partition coefficient (Wildman–Crippen LogP) is 4.80. The second-order valence-electron chi connectivity index (χ2n) is 6.51. The predicted molar refractivity (Wildman–Crippen MR) is 118 cm³/mol. The van der Waals surface area contributed by atoms with Crippen LogP contribution in [0.25, 0.3) is 0 Å². The zero-order valence-corrected chi connectivity index (χ0v) is 18.2. The molecule has 160 valence electrons. The van der Waals surface area contributed by atoms with E-state index in [-0.39, 0.29) is 18.3 Å². The maximum absolute atomic E-state index is 13.6. The van der Waals surface area contributed by atoms with Crippen LogP contribution >= 0.6 is 15.9 Å². The summed E-state index contributed by atoms with van der Waals surface area (Å²) in [6.45, 7) is 1.65. The molecule has 0 bridgehead atoms. The number of benzene rings is 3. The molecule has 0 spiro atoms. The summed E-state index contributed by atoms with van der Waals surface area (Å²) < 4.78 is 25.6. The first-order valence-corrected chi connectivity index (χ1v) is 10.1. The van der Waals surface area contributed by atoms with E-state index in [0.717, 1.165) is 4.47 Å². The van der Waals surface area contributed by atoms with Crippen LogP contribution in [0.1, 0.15) is 18.1 Å². The second-order valence-corrected chi connectivity index (χ2v) is 7.42. The number of halogens is 2. The van der Waals surface area contributed by atoms with Crippen LogP contribution in [0.4, 0.5) is 4.39 Å². The van der Waals surface area contributed by atoms with Crippen molar-refractivity contribution in [2.24, 2.45) is 10.9 Å². The molecular formula is C23H20BrFN2O4. The number of oxime groups is 1. The zero-order chi connectivity index (χ0) is 22.2. The molecule has 0 aliphatic carbocycles. The lowest BCUT2D eigenvalue weighted by atomic mass is 10.2. The Bertz CT molecular complexity index is 1070. The molecule has 0 aromatic heterocycles. The van der Waals surface area contributed by atoms with Gasteiger partial charge in [0, 0.05) is 15.6 Å². The molecule has 0 fully saturated rings. The highest BCUT2D eigenvalue weighted by atomic mass is 79.9. The van der Waals surface area contributed by atoms with E-state index in [2.05, 4.69) is 21.1 Å². The quantitative estimate of drug-likeness (QED) is 0.214. The van der Waals surface area contributed by atoms with Gasteiger partial charge < -0.3 is 20.0 Å². The molecule has 0 unspecified atom stereocenters. The van der Waals surface area contributed by atoms with Crippen LogP contribution in [0.2, 0.25) is 0 Å². The molecule has 31 heavy (non-hydrogen) atoms. The third-order valence-electron chi connectivity index (χ3n) is 4.18. The van der Waals surface area contributed by atoms with Crippen LogP contribution in [0.5, 0.6) is 11.5 Å². The highest BCUT2D eigenvalue weighted by Crippen LogP contribution is 2.19. The zero-order valence-electron chi connectivity index (χ0n) is 16.6. The lowest BCUT2D eigenvalue weighted by molar-refractivity contribution is -0.151. The molecule has 1 atom stereocenters. The van der Waals surface area contributed by atoms with E-state index in [9.17, 15) is 9.18 Å². The summed E-state index contributed by atoms with van der Waals surface area (Å²) in [5.74, 6) is 0.0569. The van der Waals surface area contributed by atoms with E-state index in [1.54, 1.807) is 67.6 Å². The largest absolute Gasteiger partial charge is 0.489 e. The van der Waals surface area contributed by atoms with Crippen molar-refractivity contribution in [1.29, 1.82) is 0 Å². The highest BCUT2D eigenvalue weighted by Gasteiger charge is 2.17. The van der Waals surface area contributed by atoms with Crippen LogP contribution in [-0.4, -0.2) is 17.9 Å². The van der Waals surface area contributed by atoms with Gasteiger partial charge in [-0.15, -0.1) is 0 Å². The number of rotatable bonds is 8. The molecule has 3 aromatic rings. The Morgan fingerprint density at radius 2 is 1.81 bits per heavy atom. The molecule has 0 heterocycles. The Morgan fingerprint density at radius 3 is 2.52 bits per heavy atom. The van der Waals surface area contributed by atoms with Crippen molar-refractivity contribution in [2.45, 2.75) is 19.6 Å². The van der Waals surface area contributed by atoms with Gasteiger partial charge in [-0.1, -0.05) is 45.4 Å². The van der Waals surface area contributed by atoms with Gasteiger partial charge in [0.2, 0.25) is 0 Å². The summed E-state index contributed by atoms with van der Waals surface area (Å²) in [4.78, 5) is 17.0. The fraction of sp³-hybridized carbons (Fsp3) is 0.130. The number of carbonyl (C=O) groups excluding carboxylic acids is 1. The van der Waals surface area contributed by atoms with Gasteiger partial charge in [0.05, 0.1) is 0 Å². The maximum atomic E-state index is 13.6. The Morgan fingerprint density at radius 1 is 1.06 bits per heavy atom. The van der Waals surface area contributed by atoms with Crippen molar-refractivity contribution in [3.8, 4) is 11.5 Å². The number of ether oxygens (including phenoxy) is 2. The minimum Gasteiger partial charge on any atom is -0.489 e. The van der Waals surface area contributed by atoms with E-state index in [0.29, 0.717) is 22.6 Å². The van der Waals surface area contributed by atoms with Gasteiger partial charge in [-0.05, 0) is 55.5 Å². The first-order chi connectivity index (χ1) is 14.9. The van der Waals surface area contributed by atoms with Gasteiger partial charge in [-0.3, -0.25) is 0 Å². The van der Waals surface area contributed by atoms with Crippen molar-refractivity contribution < 1.29 is 23.5 Å². The monoisotopic (exact) mass is 486 g/mol. The van der Waals surface area contributed by atoms with Gasteiger partial charge in [-0.25, -0.2) is 9.18 Å². The van der Waals surface area contributed by atoms with E-state index >= 15 is 0 Å². The van der Waals surface area contributed by atoms with Crippen molar-refractivity contribution in [2.75, 3.05) is 0 Å². The Kier molecular flexibility index (Phi) is 7.61. The molecule has 6 nitrogen and oxygen atoms in total. The van der Waals surface area contributed by atoms with Crippen LogP contribution in [0, 0.1) is 5.82 Å². The number of carbonyl (C=O) groups is 1. The summed E-state index contributed by atoms with van der Waals surface area (Å²) >= 11 is 3.33. The molecule has 0 radical (unpaired) electrons. The number of nitrogens with zero attached hydrogens (tertiary/aromatic N) is 1. The van der Waals surface area contributed by atoms with E-state index < -0.39 is 12.1 Å². The van der Waals surface area contributed by atoms with Crippen LogP contribution < -0.4 is 15.2 Å². The molecule has 8 heteroatoms. The van der Waals surface area contributed by atoms with Gasteiger partial charge >= 0.3 is 5.97 Å². The smallest absolute Gasteiger partial charge is 0.374 e.